The molecule has 0 bridgehead atoms. The number of Topliss-reactive ketones (excluding diaryl/α,β-unsaturated/α-hetero) is 1. The Hall–Kier alpha value is -2.73. The normalized spacial score (nSPS) is 13.3. The number of aromatic nitrogens is 1. The van der Waals surface area contributed by atoms with E-state index in [1.54, 1.807) is 13.3 Å². The molecule has 0 saturated heterocycles. The number of anilines is 1. The molecule has 0 N–H and O–H groups in total. The summed E-state index contributed by atoms with van der Waals surface area (Å²) in [4.78, 5) is 26.8. The molecule has 2 aromatic rings. The van der Waals surface area contributed by atoms with Gasteiger partial charge in [0.05, 0.1) is 24.9 Å². The second-order valence-electron chi connectivity index (χ2n) is 7.65. The molecule has 2 heterocycles. The molecule has 0 fully saturated rings. The summed E-state index contributed by atoms with van der Waals surface area (Å²) in [5.74, 6) is 1.69. The van der Waals surface area contributed by atoms with Crippen molar-refractivity contribution in [2.75, 3.05) is 46.2 Å². The van der Waals surface area contributed by atoms with Crippen LogP contribution in [0.4, 0.5) is 11.5 Å². The first-order valence-corrected chi connectivity index (χ1v) is 10.1. The van der Waals surface area contributed by atoms with Crippen molar-refractivity contribution in [3.8, 4) is 5.75 Å². The van der Waals surface area contributed by atoms with Gasteiger partial charge in [0.2, 0.25) is 0 Å². The highest BCUT2D eigenvalue weighted by molar-refractivity contribution is 6.22. The zero-order chi connectivity index (χ0) is 21.0. The minimum absolute atomic E-state index is 0.106. The summed E-state index contributed by atoms with van der Waals surface area (Å²) in [6.07, 6.45) is 3.88. The van der Waals surface area contributed by atoms with Crippen LogP contribution in [0.5, 0.6) is 5.75 Å². The molecule has 6 nitrogen and oxygen atoms in total. The highest BCUT2D eigenvalue weighted by Crippen LogP contribution is 2.35. The molecule has 1 aliphatic rings. The number of benzene rings is 1. The van der Waals surface area contributed by atoms with Gasteiger partial charge in [0.15, 0.2) is 5.78 Å². The first-order valence-electron chi connectivity index (χ1n) is 10.1. The summed E-state index contributed by atoms with van der Waals surface area (Å²) in [7, 11) is 7.83. The zero-order valence-corrected chi connectivity index (χ0v) is 18.0. The average Bonchev–Trinajstić information content (AvgIpc) is 2.72. The number of fused-ring (bicyclic) bond motifs is 1. The lowest BCUT2D eigenvalue weighted by molar-refractivity contribution is 0.0999. The van der Waals surface area contributed by atoms with Gasteiger partial charge in [-0.05, 0) is 57.2 Å². The third-order valence-corrected chi connectivity index (χ3v) is 5.21. The minimum Gasteiger partial charge on any atom is -0.497 e. The van der Waals surface area contributed by atoms with Crippen molar-refractivity contribution in [3.63, 3.8) is 0 Å². The van der Waals surface area contributed by atoms with Crippen LogP contribution in [0.1, 0.15) is 41.3 Å². The van der Waals surface area contributed by atoms with Gasteiger partial charge in [0.25, 0.3) is 0 Å². The third kappa shape index (κ3) is 4.65. The van der Waals surface area contributed by atoms with Crippen LogP contribution in [-0.2, 0) is 6.42 Å². The Kier molecular flexibility index (Phi) is 6.64. The number of pyridine rings is 1. The molecule has 0 spiro atoms. The van der Waals surface area contributed by atoms with Crippen molar-refractivity contribution in [3.05, 3.63) is 47.2 Å². The highest BCUT2D eigenvalue weighted by atomic mass is 16.5. The predicted molar refractivity (Wildman–Crippen MR) is 118 cm³/mol. The van der Waals surface area contributed by atoms with Crippen LogP contribution in [0.25, 0.3) is 0 Å². The summed E-state index contributed by atoms with van der Waals surface area (Å²) in [5, 5.41) is 0. The quantitative estimate of drug-likeness (QED) is 0.683. The van der Waals surface area contributed by atoms with E-state index in [9.17, 15) is 4.79 Å². The van der Waals surface area contributed by atoms with E-state index in [4.69, 9.17) is 9.73 Å². The molecule has 0 amide bonds. The largest absolute Gasteiger partial charge is 0.497 e. The number of hydrogen-bond acceptors (Lipinski definition) is 6. The van der Waals surface area contributed by atoms with E-state index in [2.05, 4.69) is 28.9 Å². The molecule has 1 aliphatic heterocycles. The van der Waals surface area contributed by atoms with Gasteiger partial charge in [-0.2, -0.15) is 0 Å². The van der Waals surface area contributed by atoms with Gasteiger partial charge >= 0.3 is 0 Å². The van der Waals surface area contributed by atoms with Crippen molar-refractivity contribution in [2.24, 2.45) is 4.99 Å². The van der Waals surface area contributed by atoms with Crippen LogP contribution in [0.2, 0.25) is 0 Å². The van der Waals surface area contributed by atoms with Gasteiger partial charge in [-0.25, -0.2) is 4.98 Å². The van der Waals surface area contributed by atoms with E-state index < -0.39 is 0 Å². The molecule has 0 saturated carbocycles. The number of hydrogen-bond donors (Lipinski definition) is 0. The molecule has 6 heteroatoms. The second kappa shape index (κ2) is 9.18. The summed E-state index contributed by atoms with van der Waals surface area (Å²) in [6.45, 7) is 3.94. The molecule has 0 unspecified atom stereocenters. The molecular formula is C23H30N4O2. The fourth-order valence-electron chi connectivity index (χ4n) is 3.70. The molecule has 0 atom stereocenters. The summed E-state index contributed by atoms with van der Waals surface area (Å²) in [5.41, 5.74) is 4.08. The zero-order valence-electron chi connectivity index (χ0n) is 18.0. The Labute approximate surface area is 173 Å². The number of nitrogens with zero attached hydrogens (tertiary/aromatic N) is 4. The lowest BCUT2D eigenvalue weighted by Crippen LogP contribution is -2.26. The SMILES string of the molecule is CCc1cc(OC)cc2c1C(=O)CC(c1cccnc1N(C)CCCN(C)C)=N2. The van der Waals surface area contributed by atoms with E-state index in [-0.39, 0.29) is 12.2 Å². The molecule has 0 radical (unpaired) electrons. The van der Waals surface area contributed by atoms with E-state index in [1.165, 1.54) is 0 Å². The van der Waals surface area contributed by atoms with Gasteiger partial charge in [-0.3, -0.25) is 9.79 Å². The Balaban J connectivity index is 1.98. The van der Waals surface area contributed by atoms with Gasteiger partial charge < -0.3 is 14.5 Å². The van der Waals surface area contributed by atoms with Gasteiger partial charge in [-0.1, -0.05) is 6.92 Å². The van der Waals surface area contributed by atoms with Crippen LogP contribution in [-0.4, -0.2) is 62.7 Å². The number of rotatable bonds is 8. The number of aryl methyl sites for hydroxylation is 1. The van der Waals surface area contributed by atoms with Gasteiger partial charge in [0.1, 0.15) is 11.6 Å². The lowest BCUT2D eigenvalue weighted by Gasteiger charge is -2.24. The fourth-order valence-corrected chi connectivity index (χ4v) is 3.70. The fraction of sp³-hybridized carbons (Fsp3) is 0.435. The van der Waals surface area contributed by atoms with E-state index in [1.807, 2.05) is 38.2 Å². The van der Waals surface area contributed by atoms with Gasteiger partial charge in [-0.15, -0.1) is 0 Å². The maximum Gasteiger partial charge on any atom is 0.171 e. The standard InChI is InChI=1S/C23H30N4O2/c1-6-16-13-17(29-5)14-20-22(16)21(28)15-19(25-20)18-9-7-10-24-23(18)27(4)12-8-11-26(2)3/h7,9-10,13-14H,6,8,11-12,15H2,1-5H3. The van der Waals surface area contributed by atoms with Crippen LogP contribution in [0.15, 0.2) is 35.5 Å². The van der Waals surface area contributed by atoms with Crippen molar-refractivity contribution in [1.29, 1.82) is 0 Å². The molecule has 0 aliphatic carbocycles. The van der Waals surface area contributed by atoms with Crippen LogP contribution >= 0.6 is 0 Å². The first kappa shape index (κ1) is 21.0. The number of aliphatic imine (C=N–C) groups is 1. The van der Waals surface area contributed by atoms with Crippen molar-refractivity contribution in [2.45, 2.75) is 26.2 Å². The van der Waals surface area contributed by atoms with Crippen LogP contribution < -0.4 is 9.64 Å². The first-order chi connectivity index (χ1) is 13.9. The number of carbonyl (C=O) groups is 1. The average molecular weight is 395 g/mol. The highest BCUT2D eigenvalue weighted by Gasteiger charge is 2.26. The minimum atomic E-state index is 0.106. The Morgan fingerprint density at radius 2 is 1.97 bits per heavy atom. The second-order valence-corrected chi connectivity index (χ2v) is 7.65. The topological polar surface area (TPSA) is 58.0 Å². The molecule has 3 rings (SSSR count). The summed E-state index contributed by atoms with van der Waals surface area (Å²) < 4.78 is 5.42. The third-order valence-electron chi connectivity index (χ3n) is 5.21. The van der Waals surface area contributed by atoms with Crippen molar-refractivity contribution < 1.29 is 9.53 Å². The molecule has 1 aromatic heterocycles. The van der Waals surface area contributed by atoms with Crippen LogP contribution in [0.3, 0.4) is 0 Å². The Morgan fingerprint density at radius 3 is 2.66 bits per heavy atom. The smallest absolute Gasteiger partial charge is 0.171 e. The molecule has 1 aromatic carbocycles. The van der Waals surface area contributed by atoms with Crippen LogP contribution in [0, 0.1) is 0 Å². The number of ether oxygens (including phenoxy) is 1. The van der Waals surface area contributed by atoms with Crippen molar-refractivity contribution >= 4 is 23.0 Å². The Morgan fingerprint density at radius 1 is 1.17 bits per heavy atom. The van der Waals surface area contributed by atoms with Gasteiger partial charge in [0, 0.05) is 37.0 Å². The molecule has 154 valence electrons. The van der Waals surface area contributed by atoms with E-state index in [0.29, 0.717) is 5.69 Å². The molecular weight excluding hydrogens is 364 g/mol. The summed E-state index contributed by atoms with van der Waals surface area (Å²) in [6, 6.07) is 7.69. The summed E-state index contributed by atoms with van der Waals surface area (Å²) >= 11 is 0. The predicted octanol–water partition coefficient (Wildman–Crippen LogP) is 3.75. The number of methoxy groups -OCH3 is 1. The number of carbonyl (C=O) groups excluding carboxylic acids is 1. The van der Waals surface area contributed by atoms with Crippen molar-refractivity contribution in [1.82, 2.24) is 9.88 Å². The maximum atomic E-state index is 13.0. The monoisotopic (exact) mass is 394 g/mol. The van der Waals surface area contributed by atoms with E-state index >= 15 is 0 Å². The molecule has 29 heavy (non-hydrogen) atoms. The lowest BCUT2D eigenvalue weighted by atomic mass is 9.91. The van der Waals surface area contributed by atoms with E-state index in [0.717, 1.165) is 59.9 Å². The maximum absolute atomic E-state index is 13.0. The number of ketones is 1. The Bertz CT molecular complexity index is 921.